The summed E-state index contributed by atoms with van der Waals surface area (Å²) in [5, 5.41) is 6.06. The zero-order valence-electron chi connectivity index (χ0n) is 13.9. The Balaban J connectivity index is 1.44. The van der Waals surface area contributed by atoms with E-state index in [0.29, 0.717) is 22.4 Å². The van der Waals surface area contributed by atoms with Crippen LogP contribution in [0.1, 0.15) is 15.2 Å². The standard InChI is InChI=1S/C17H11ClF2N4O3S/c18-13-5-9(3-4-21-13)7-22-15-14(28-8-23-15)16(25)24-10-1-2-11-12(6-10)27-17(19,20)26-11/h1-6,8,22H,7H2,(H,24,25). The molecule has 3 heterocycles. The molecule has 0 bridgehead atoms. The summed E-state index contributed by atoms with van der Waals surface area (Å²) < 4.78 is 34.9. The van der Waals surface area contributed by atoms with Crippen molar-refractivity contribution < 1.29 is 23.0 Å². The summed E-state index contributed by atoms with van der Waals surface area (Å²) in [5.74, 6) is -0.301. The van der Waals surface area contributed by atoms with Crippen molar-refractivity contribution in [2.45, 2.75) is 12.8 Å². The highest BCUT2D eigenvalue weighted by molar-refractivity contribution is 7.12. The number of hydrogen-bond acceptors (Lipinski definition) is 7. The molecule has 0 saturated heterocycles. The van der Waals surface area contributed by atoms with Crippen LogP contribution >= 0.6 is 22.9 Å². The summed E-state index contributed by atoms with van der Waals surface area (Å²) in [6, 6.07) is 7.48. The fourth-order valence-electron chi connectivity index (χ4n) is 2.49. The molecule has 1 aromatic carbocycles. The van der Waals surface area contributed by atoms with Crippen molar-refractivity contribution in [3.05, 3.63) is 57.6 Å². The number of anilines is 2. The number of nitrogens with zero attached hydrogens (tertiary/aromatic N) is 2. The minimum Gasteiger partial charge on any atom is -0.395 e. The maximum Gasteiger partial charge on any atom is 0.586 e. The molecule has 2 N–H and O–H groups in total. The quantitative estimate of drug-likeness (QED) is 0.591. The Bertz CT molecular complexity index is 1050. The maximum atomic E-state index is 13.1. The highest BCUT2D eigenvalue weighted by atomic mass is 35.5. The average Bonchev–Trinajstić information content (AvgIpc) is 3.22. The normalized spacial score (nSPS) is 14.0. The van der Waals surface area contributed by atoms with Gasteiger partial charge in [-0.1, -0.05) is 11.6 Å². The second kappa shape index (κ2) is 7.21. The number of ether oxygens (including phenoxy) is 2. The zero-order chi connectivity index (χ0) is 19.7. The first-order valence-electron chi connectivity index (χ1n) is 7.89. The van der Waals surface area contributed by atoms with Gasteiger partial charge in [-0.3, -0.25) is 4.79 Å². The predicted molar refractivity (Wildman–Crippen MR) is 99.3 cm³/mol. The lowest BCUT2D eigenvalue weighted by molar-refractivity contribution is -0.286. The van der Waals surface area contributed by atoms with Crippen molar-refractivity contribution in [2.75, 3.05) is 10.6 Å². The van der Waals surface area contributed by atoms with Gasteiger partial charge in [-0.25, -0.2) is 9.97 Å². The molecule has 2 aromatic heterocycles. The Kier molecular flexibility index (Phi) is 4.73. The lowest BCUT2D eigenvalue weighted by atomic mass is 10.2. The lowest BCUT2D eigenvalue weighted by Gasteiger charge is -2.08. The molecule has 144 valence electrons. The number of thiazole rings is 1. The smallest absolute Gasteiger partial charge is 0.395 e. The van der Waals surface area contributed by atoms with Gasteiger partial charge in [0, 0.05) is 24.5 Å². The highest BCUT2D eigenvalue weighted by Crippen LogP contribution is 2.42. The number of fused-ring (bicyclic) bond motifs is 1. The molecule has 0 spiro atoms. The van der Waals surface area contributed by atoms with Crippen molar-refractivity contribution in [2.24, 2.45) is 0 Å². The van der Waals surface area contributed by atoms with Gasteiger partial charge in [-0.2, -0.15) is 0 Å². The second-order valence-corrected chi connectivity index (χ2v) is 6.90. The number of hydrogen-bond donors (Lipinski definition) is 2. The van der Waals surface area contributed by atoms with E-state index >= 15 is 0 Å². The van der Waals surface area contributed by atoms with Gasteiger partial charge in [0.25, 0.3) is 5.91 Å². The number of amides is 1. The van der Waals surface area contributed by atoms with E-state index in [1.807, 2.05) is 0 Å². The summed E-state index contributed by atoms with van der Waals surface area (Å²) in [4.78, 5) is 20.9. The Morgan fingerprint density at radius 3 is 2.82 bits per heavy atom. The zero-order valence-corrected chi connectivity index (χ0v) is 15.5. The van der Waals surface area contributed by atoms with Gasteiger partial charge >= 0.3 is 6.29 Å². The second-order valence-electron chi connectivity index (χ2n) is 5.65. The monoisotopic (exact) mass is 424 g/mol. The third kappa shape index (κ3) is 3.97. The van der Waals surface area contributed by atoms with E-state index in [-0.39, 0.29) is 17.2 Å². The molecule has 1 amide bonds. The first-order chi connectivity index (χ1) is 13.4. The van der Waals surface area contributed by atoms with Gasteiger partial charge in [0.1, 0.15) is 15.8 Å². The maximum absolute atomic E-state index is 13.1. The molecule has 3 aromatic rings. The van der Waals surface area contributed by atoms with Crippen molar-refractivity contribution in [1.29, 1.82) is 0 Å². The van der Waals surface area contributed by atoms with Gasteiger partial charge in [0.05, 0.1) is 5.51 Å². The van der Waals surface area contributed by atoms with Crippen LogP contribution in [0, 0.1) is 0 Å². The van der Waals surface area contributed by atoms with Crippen LogP contribution in [-0.2, 0) is 6.54 Å². The van der Waals surface area contributed by atoms with Gasteiger partial charge in [-0.05, 0) is 29.8 Å². The van der Waals surface area contributed by atoms with E-state index in [0.717, 1.165) is 16.9 Å². The van der Waals surface area contributed by atoms with Crippen LogP contribution in [0.4, 0.5) is 20.3 Å². The molecule has 1 aliphatic rings. The van der Waals surface area contributed by atoms with Crippen LogP contribution in [0.5, 0.6) is 11.5 Å². The molecule has 0 saturated carbocycles. The number of aromatic nitrogens is 2. The largest absolute Gasteiger partial charge is 0.586 e. The molecular formula is C17H11ClF2N4O3S. The average molecular weight is 425 g/mol. The van der Waals surface area contributed by atoms with Gasteiger partial charge < -0.3 is 20.1 Å². The molecule has 1 aliphatic heterocycles. The van der Waals surface area contributed by atoms with E-state index in [2.05, 4.69) is 30.1 Å². The SMILES string of the molecule is O=C(Nc1ccc2c(c1)OC(F)(F)O2)c1scnc1NCc1ccnc(Cl)c1. The van der Waals surface area contributed by atoms with Crippen LogP contribution in [0.15, 0.2) is 42.0 Å². The fraction of sp³-hybridized carbons (Fsp3) is 0.118. The Labute approximate surface area is 166 Å². The minimum absolute atomic E-state index is 0.0980. The van der Waals surface area contributed by atoms with Gasteiger partial charge in [-0.15, -0.1) is 20.1 Å². The van der Waals surface area contributed by atoms with Crippen molar-refractivity contribution >= 4 is 40.4 Å². The summed E-state index contributed by atoms with van der Waals surface area (Å²) in [6.07, 6.45) is -2.13. The first kappa shape index (κ1) is 18.4. The Hall–Kier alpha value is -2.98. The number of nitrogens with one attached hydrogen (secondary N) is 2. The molecule has 4 rings (SSSR count). The van der Waals surface area contributed by atoms with Crippen molar-refractivity contribution in [3.8, 4) is 11.5 Å². The fourth-order valence-corrected chi connectivity index (χ4v) is 3.34. The van der Waals surface area contributed by atoms with Crippen LogP contribution < -0.4 is 20.1 Å². The predicted octanol–water partition coefficient (Wildman–Crippen LogP) is 4.38. The molecule has 0 radical (unpaired) electrons. The van der Waals surface area contributed by atoms with E-state index < -0.39 is 12.2 Å². The summed E-state index contributed by atoms with van der Waals surface area (Å²) in [6.45, 7) is 0.394. The van der Waals surface area contributed by atoms with Gasteiger partial charge in [0.2, 0.25) is 0 Å². The van der Waals surface area contributed by atoms with E-state index in [4.69, 9.17) is 11.6 Å². The topological polar surface area (TPSA) is 85.4 Å². The first-order valence-corrected chi connectivity index (χ1v) is 9.14. The summed E-state index contributed by atoms with van der Waals surface area (Å²) >= 11 is 6.99. The molecular weight excluding hydrogens is 414 g/mol. The third-order valence-electron chi connectivity index (χ3n) is 3.68. The van der Waals surface area contributed by atoms with Crippen molar-refractivity contribution in [1.82, 2.24) is 9.97 Å². The summed E-state index contributed by atoms with van der Waals surface area (Å²) in [5.41, 5.74) is 2.68. The number of pyridine rings is 1. The van der Waals surface area contributed by atoms with Crippen LogP contribution in [0.2, 0.25) is 5.15 Å². The van der Waals surface area contributed by atoms with Crippen molar-refractivity contribution in [3.63, 3.8) is 0 Å². The number of benzene rings is 1. The molecule has 0 fully saturated rings. The number of alkyl halides is 2. The van der Waals surface area contributed by atoms with Gasteiger partial charge in [0.15, 0.2) is 11.5 Å². The molecule has 28 heavy (non-hydrogen) atoms. The number of halogens is 3. The molecule has 11 heteroatoms. The molecule has 0 unspecified atom stereocenters. The minimum atomic E-state index is -3.71. The van der Waals surface area contributed by atoms with E-state index in [9.17, 15) is 13.6 Å². The lowest BCUT2D eigenvalue weighted by Crippen LogP contribution is -2.25. The number of carbonyl (C=O) groups is 1. The molecule has 0 aliphatic carbocycles. The van der Waals surface area contributed by atoms with E-state index in [1.54, 1.807) is 18.3 Å². The molecule has 7 nitrogen and oxygen atoms in total. The number of rotatable bonds is 5. The Morgan fingerprint density at radius 1 is 1.18 bits per heavy atom. The van der Waals surface area contributed by atoms with Crippen LogP contribution in [0.25, 0.3) is 0 Å². The highest BCUT2D eigenvalue weighted by Gasteiger charge is 2.43. The van der Waals surface area contributed by atoms with Crippen LogP contribution in [-0.4, -0.2) is 22.2 Å². The third-order valence-corrected chi connectivity index (χ3v) is 4.72. The molecule has 0 atom stereocenters. The van der Waals surface area contributed by atoms with Crippen LogP contribution in [0.3, 0.4) is 0 Å². The number of carbonyl (C=O) groups excluding carboxylic acids is 1. The van der Waals surface area contributed by atoms with E-state index in [1.165, 1.54) is 23.7 Å². The Morgan fingerprint density at radius 2 is 2.00 bits per heavy atom. The summed E-state index contributed by atoms with van der Waals surface area (Å²) in [7, 11) is 0.